The molecule has 2 rings (SSSR count). The molecule has 0 spiro atoms. The highest BCUT2D eigenvalue weighted by atomic mass is 16.3. The van der Waals surface area contributed by atoms with Crippen molar-refractivity contribution >= 4 is 5.91 Å². The minimum absolute atomic E-state index is 0.0261. The van der Waals surface area contributed by atoms with Crippen LogP contribution in [0, 0.1) is 12.8 Å². The second-order valence-electron chi connectivity index (χ2n) is 6.27. The van der Waals surface area contributed by atoms with Gasteiger partial charge in [0.25, 0.3) is 0 Å². The Morgan fingerprint density at radius 2 is 2.32 bits per heavy atom. The van der Waals surface area contributed by atoms with Crippen LogP contribution in [0.4, 0.5) is 0 Å². The zero-order valence-electron chi connectivity index (χ0n) is 13.7. The smallest absolute Gasteiger partial charge is 0.242 e. The summed E-state index contributed by atoms with van der Waals surface area (Å²) in [7, 11) is 0. The standard InChI is InChI=1S/C16H28N4O2/c1-3-5-14-10-19(6-4-7-21)11-15(14)18-16(22)12-20-9-13(2)8-17-20/h8-9,14-15,21H,3-7,10-12H2,1-2H3,(H,18,22)/t14-,15-/m1/s1. The van der Waals surface area contributed by atoms with Crippen LogP contribution in [0.2, 0.25) is 0 Å². The second kappa shape index (κ2) is 8.29. The molecule has 1 aromatic rings. The minimum Gasteiger partial charge on any atom is -0.396 e. The van der Waals surface area contributed by atoms with Crippen LogP contribution in [0.15, 0.2) is 12.4 Å². The molecule has 0 aromatic carbocycles. The predicted octanol–water partition coefficient (Wildman–Crippen LogP) is 0.791. The van der Waals surface area contributed by atoms with E-state index in [0.717, 1.165) is 44.5 Å². The van der Waals surface area contributed by atoms with Crippen molar-refractivity contribution in [3.8, 4) is 0 Å². The van der Waals surface area contributed by atoms with Gasteiger partial charge < -0.3 is 15.3 Å². The third-order valence-electron chi connectivity index (χ3n) is 4.22. The molecular formula is C16H28N4O2. The third kappa shape index (κ3) is 4.81. The Kier molecular flexibility index (Phi) is 6.39. The van der Waals surface area contributed by atoms with Crippen LogP contribution in [0.3, 0.4) is 0 Å². The Balaban J connectivity index is 1.86. The number of nitrogens with zero attached hydrogens (tertiary/aromatic N) is 3. The van der Waals surface area contributed by atoms with Gasteiger partial charge in [0, 0.05) is 38.5 Å². The van der Waals surface area contributed by atoms with Gasteiger partial charge in [-0.25, -0.2) is 0 Å². The Labute approximate surface area is 132 Å². The Bertz CT molecular complexity index is 474. The first-order chi connectivity index (χ1) is 10.6. The van der Waals surface area contributed by atoms with Crippen LogP contribution in [0.1, 0.15) is 31.7 Å². The molecule has 2 heterocycles. The fourth-order valence-corrected chi connectivity index (χ4v) is 3.22. The highest BCUT2D eigenvalue weighted by Gasteiger charge is 2.32. The zero-order chi connectivity index (χ0) is 15.9. The monoisotopic (exact) mass is 308 g/mol. The largest absolute Gasteiger partial charge is 0.396 e. The molecule has 1 aliphatic heterocycles. The minimum atomic E-state index is 0.0261. The van der Waals surface area contributed by atoms with E-state index in [9.17, 15) is 4.79 Å². The Morgan fingerprint density at radius 3 is 2.95 bits per heavy atom. The SMILES string of the molecule is CCC[C@@H]1CN(CCCO)C[C@H]1NC(=O)Cn1cc(C)cn1. The van der Waals surface area contributed by atoms with Gasteiger partial charge in [-0.3, -0.25) is 9.48 Å². The average Bonchev–Trinajstić information content (AvgIpc) is 3.04. The molecule has 1 aliphatic rings. The molecule has 0 radical (unpaired) electrons. The van der Waals surface area contributed by atoms with Crippen LogP contribution in [-0.4, -0.2) is 58.0 Å². The number of rotatable bonds is 8. The summed E-state index contributed by atoms with van der Waals surface area (Å²) in [5.41, 5.74) is 1.06. The van der Waals surface area contributed by atoms with E-state index in [-0.39, 0.29) is 25.1 Å². The van der Waals surface area contributed by atoms with Gasteiger partial charge in [0.15, 0.2) is 0 Å². The summed E-state index contributed by atoms with van der Waals surface area (Å²) in [6.45, 7) is 7.45. The Morgan fingerprint density at radius 1 is 1.50 bits per heavy atom. The number of aliphatic hydroxyl groups is 1. The van der Waals surface area contributed by atoms with Crippen molar-refractivity contribution in [2.45, 2.75) is 45.7 Å². The molecule has 124 valence electrons. The van der Waals surface area contributed by atoms with Crippen molar-refractivity contribution in [3.63, 3.8) is 0 Å². The first-order valence-electron chi connectivity index (χ1n) is 8.24. The van der Waals surface area contributed by atoms with Crippen molar-refractivity contribution in [1.29, 1.82) is 0 Å². The quantitative estimate of drug-likeness (QED) is 0.745. The molecule has 0 bridgehead atoms. The summed E-state index contributed by atoms with van der Waals surface area (Å²) >= 11 is 0. The molecule has 1 saturated heterocycles. The summed E-state index contributed by atoms with van der Waals surface area (Å²) in [6, 6.07) is 0.211. The fourth-order valence-electron chi connectivity index (χ4n) is 3.22. The maximum atomic E-state index is 12.2. The highest BCUT2D eigenvalue weighted by molar-refractivity contribution is 5.76. The van der Waals surface area contributed by atoms with Gasteiger partial charge in [-0.2, -0.15) is 5.10 Å². The van der Waals surface area contributed by atoms with E-state index >= 15 is 0 Å². The van der Waals surface area contributed by atoms with E-state index in [1.165, 1.54) is 0 Å². The van der Waals surface area contributed by atoms with Gasteiger partial charge in [0.05, 0.1) is 6.20 Å². The van der Waals surface area contributed by atoms with Crippen LogP contribution >= 0.6 is 0 Å². The van der Waals surface area contributed by atoms with Crippen LogP contribution < -0.4 is 5.32 Å². The first-order valence-corrected chi connectivity index (χ1v) is 8.24. The van der Waals surface area contributed by atoms with Crippen LogP contribution in [0.5, 0.6) is 0 Å². The van der Waals surface area contributed by atoms with Gasteiger partial charge in [-0.05, 0) is 31.2 Å². The number of aliphatic hydroxyl groups excluding tert-OH is 1. The average molecular weight is 308 g/mol. The molecule has 6 nitrogen and oxygen atoms in total. The first kappa shape index (κ1) is 17.0. The maximum Gasteiger partial charge on any atom is 0.242 e. The number of carbonyl (C=O) groups is 1. The van der Waals surface area contributed by atoms with Crippen molar-refractivity contribution in [2.24, 2.45) is 5.92 Å². The number of aromatic nitrogens is 2. The van der Waals surface area contributed by atoms with E-state index in [1.54, 1.807) is 10.9 Å². The number of hydrogen-bond donors (Lipinski definition) is 2. The third-order valence-corrected chi connectivity index (χ3v) is 4.22. The van der Waals surface area contributed by atoms with Crippen molar-refractivity contribution in [2.75, 3.05) is 26.2 Å². The molecule has 0 aliphatic carbocycles. The van der Waals surface area contributed by atoms with E-state index in [0.29, 0.717) is 5.92 Å². The molecule has 1 amide bonds. The summed E-state index contributed by atoms with van der Waals surface area (Å²) in [4.78, 5) is 14.6. The lowest BCUT2D eigenvalue weighted by atomic mass is 9.98. The van der Waals surface area contributed by atoms with Crippen LogP contribution in [0.25, 0.3) is 0 Å². The van der Waals surface area contributed by atoms with E-state index < -0.39 is 0 Å². The van der Waals surface area contributed by atoms with E-state index in [1.807, 2.05) is 13.1 Å². The van der Waals surface area contributed by atoms with Gasteiger partial charge in [-0.1, -0.05) is 13.3 Å². The lowest BCUT2D eigenvalue weighted by Crippen LogP contribution is -2.42. The molecule has 22 heavy (non-hydrogen) atoms. The zero-order valence-corrected chi connectivity index (χ0v) is 13.7. The molecular weight excluding hydrogens is 280 g/mol. The number of hydrogen-bond acceptors (Lipinski definition) is 4. The normalized spacial score (nSPS) is 22.1. The molecule has 1 aromatic heterocycles. The summed E-state index contributed by atoms with van der Waals surface area (Å²) in [6.07, 6.45) is 6.70. The number of likely N-dealkylation sites (tertiary alicyclic amines) is 1. The molecule has 1 fully saturated rings. The number of aryl methyl sites for hydroxylation is 1. The second-order valence-corrected chi connectivity index (χ2v) is 6.27. The van der Waals surface area contributed by atoms with Crippen molar-refractivity contribution < 1.29 is 9.90 Å². The molecule has 0 unspecified atom stereocenters. The maximum absolute atomic E-state index is 12.2. The number of amides is 1. The van der Waals surface area contributed by atoms with Gasteiger partial charge in [-0.15, -0.1) is 0 Å². The lowest BCUT2D eigenvalue weighted by molar-refractivity contribution is -0.122. The number of carbonyl (C=O) groups excluding carboxylic acids is 1. The molecule has 6 heteroatoms. The summed E-state index contributed by atoms with van der Waals surface area (Å²) in [5.74, 6) is 0.533. The fraction of sp³-hybridized carbons (Fsp3) is 0.750. The van der Waals surface area contributed by atoms with Crippen LogP contribution in [-0.2, 0) is 11.3 Å². The van der Waals surface area contributed by atoms with Crippen molar-refractivity contribution in [1.82, 2.24) is 20.0 Å². The highest BCUT2D eigenvalue weighted by Crippen LogP contribution is 2.22. The van der Waals surface area contributed by atoms with Gasteiger partial charge >= 0.3 is 0 Å². The summed E-state index contributed by atoms with van der Waals surface area (Å²) < 4.78 is 1.68. The predicted molar refractivity (Wildman–Crippen MR) is 85.4 cm³/mol. The van der Waals surface area contributed by atoms with E-state index in [4.69, 9.17) is 5.11 Å². The molecule has 2 N–H and O–H groups in total. The Hall–Kier alpha value is -1.40. The number of nitrogens with one attached hydrogen (secondary N) is 1. The van der Waals surface area contributed by atoms with Crippen molar-refractivity contribution in [3.05, 3.63) is 18.0 Å². The molecule has 0 saturated carbocycles. The molecule has 2 atom stereocenters. The summed E-state index contributed by atoms with van der Waals surface area (Å²) in [5, 5.41) is 16.3. The lowest BCUT2D eigenvalue weighted by Gasteiger charge is -2.19. The van der Waals surface area contributed by atoms with Gasteiger partial charge in [0.2, 0.25) is 5.91 Å². The van der Waals surface area contributed by atoms with E-state index in [2.05, 4.69) is 22.2 Å². The van der Waals surface area contributed by atoms with Gasteiger partial charge in [0.1, 0.15) is 6.54 Å². The topological polar surface area (TPSA) is 70.4 Å².